The van der Waals surface area contributed by atoms with Crippen molar-refractivity contribution in [1.29, 1.82) is 0 Å². The predicted molar refractivity (Wildman–Crippen MR) is 53.5 cm³/mol. The second-order valence-electron chi connectivity index (χ2n) is 4.35. The van der Waals surface area contributed by atoms with Gasteiger partial charge >= 0.3 is 5.97 Å². The number of hydrogen-bond acceptors (Lipinski definition) is 3. The van der Waals surface area contributed by atoms with E-state index in [4.69, 9.17) is 5.11 Å². The summed E-state index contributed by atoms with van der Waals surface area (Å²) in [6.07, 6.45) is 2.11. The number of amides is 2. The summed E-state index contributed by atoms with van der Waals surface area (Å²) >= 11 is 0. The van der Waals surface area contributed by atoms with Crippen molar-refractivity contribution in [2.24, 2.45) is 5.41 Å². The molecule has 88 valence electrons. The van der Waals surface area contributed by atoms with Gasteiger partial charge in [-0.05, 0) is 25.7 Å². The van der Waals surface area contributed by atoms with Gasteiger partial charge < -0.3 is 15.7 Å². The van der Waals surface area contributed by atoms with E-state index in [0.29, 0.717) is 25.8 Å². The smallest absolute Gasteiger partial charge is 0.319 e. The fraction of sp³-hybridized carbons (Fsp3) is 0.700. The van der Waals surface area contributed by atoms with Crippen molar-refractivity contribution >= 4 is 17.8 Å². The first-order chi connectivity index (χ1) is 7.56. The summed E-state index contributed by atoms with van der Waals surface area (Å²) in [7, 11) is 0. The van der Waals surface area contributed by atoms with Crippen molar-refractivity contribution in [2.75, 3.05) is 6.54 Å². The van der Waals surface area contributed by atoms with Gasteiger partial charge in [0, 0.05) is 6.54 Å². The zero-order chi connectivity index (χ0) is 11.8. The van der Waals surface area contributed by atoms with Gasteiger partial charge in [0.2, 0.25) is 11.8 Å². The SMILES string of the molecule is O=C1NCCCC1NC(=O)C1(C(=O)O)CC1. The molecule has 1 saturated carbocycles. The Hall–Kier alpha value is -1.59. The summed E-state index contributed by atoms with van der Waals surface area (Å²) in [4.78, 5) is 34.0. The topological polar surface area (TPSA) is 95.5 Å². The summed E-state index contributed by atoms with van der Waals surface area (Å²) in [6, 6.07) is -0.571. The molecule has 1 heterocycles. The molecular formula is C10H14N2O4. The van der Waals surface area contributed by atoms with E-state index in [2.05, 4.69) is 10.6 Å². The predicted octanol–water partition coefficient (Wildman–Crippen LogP) is -0.754. The minimum atomic E-state index is -1.27. The van der Waals surface area contributed by atoms with Crippen LogP contribution in [-0.4, -0.2) is 35.5 Å². The van der Waals surface area contributed by atoms with E-state index >= 15 is 0 Å². The maximum absolute atomic E-state index is 11.7. The maximum Gasteiger partial charge on any atom is 0.319 e. The molecule has 0 bridgehead atoms. The fourth-order valence-corrected chi connectivity index (χ4v) is 1.87. The number of rotatable bonds is 3. The van der Waals surface area contributed by atoms with E-state index in [1.807, 2.05) is 0 Å². The first-order valence-corrected chi connectivity index (χ1v) is 5.38. The highest BCUT2D eigenvalue weighted by atomic mass is 16.4. The number of nitrogens with one attached hydrogen (secondary N) is 2. The normalized spacial score (nSPS) is 26.8. The first kappa shape index (κ1) is 10.9. The first-order valence-electron chi connectivity index (χ1n) is 5.38. The number of hydrogen-bond donors (Lipinski definition) is 3. The standard InChI is InChI=1S/C10H14N2O4/c13-7-6(2-1-5-11-7)12-8(14)10(3-4-10)9(15)16/h6H,1-5H2,(H,11,13)(H,12,14)(H,15,16). The molecule has 1 aliphatic carbocycles. The van der Waals surface area contributed by atoms with Crippen LogP contribution in [0.25, 0.3) is 0 Å². The van der Waals surface area contributed by atoms with E-state index in [0.717, 1.165) is 6.42 Å². The molecule has 1 atom stereocenters. The Morgan fingerprint density at radius 2 is 2.12 bits per heavy atom. The van der Waals surface area contributed by atoms with Crippen LogP contribution in [0.4, 0.5) is 0 Å². The van der Waals surface area contributed by atoms with Gasteiger partial charge in [0.25, 0.3) is 0 Å². The van der Waals surface area contributed by atoms with Crippen LogP contribution in [0.2, 0.25) is 0 Å². The molecule has 0 radical (unpaired) electrons. The number of carbonyl (C=O) groups is 3. The van der Waals surface area contributed by atoms with Crippen molar-refractivity contribution < 1.29 is 19.5 Å². The zero-order valence-electron chi connectivity index (χ0n) is 8.78. The Morgan fingerprint density at radius 3 is 2.62 bits per heavy atom. The van der Waals surface area contributed by atoms with E-state index < -0.39 is 23.3 Å². The molecule has 1 saturated heterocycles. The molecule has 6 heteroatoms. The van der Waals surface area contributed by atoms with Gasteiger partial charge in [0.15, 0.2) is 0 Å². The van der Waals surface area contributed by atoms with Crippen LogP contribution in [-0.2, 0) is 14.4 Å². The van der Waals surface area contributed by atoms with Crippen LogP contribution in [0.1, 0.15) is 25.7 Å². The number of piperidine rings is 1. The van der Waals surface area contributed by atoms with Gasteiger partial charge in [0.05, 0.1) is 0 Å². The highest BCUT2D eigenvalue weighted by Crippen LogP contribution is 2.46. The highest BCUT2D eigenvalue weighted by molar-refractivity contribution is 6.06. The molecule has 1 unspecified atom stereocenters. The number of aliphatic carboxylic acids is 1. The Morgan fingerprint density at radius 1 is 1.44 bits per heavy atom. The molecule has 16 heavy (non-hydrogen) atoms. The molecule has 3 N–H and O–H groups in total. The third-order valence-corrected chi connectivity index (χ3v) is 3.18. The van der Waals surface area contributed by atoms with Crippen molar-refractivity contribution in [2.45, 2.75) is 31.7 Å². The molecule has 0 aromatic rings. The van der Waals surface area contributed by atoms with Gasteiger partial charge in [-0.2, -0.15) is 0 Å². The summed E-state index contributed by atoms with van der Waals surface area (Å²) in [6.45, 7) is 0.620. The lowest BCUT2D eigenvalue weighted by atomic mass is 10.0. The van der Waals surface area contributed by atoms with Crippen molar-refractivity contribution in [3.63, 3.8) is 0 Å². The van der Waals surface area contributed by atoms with Gasteiger partial charge in [-0.1, -0.05) is 0 Å². The Kier molecular flexibility index (Phi) is 2.57. The third kappa shape index (κ3) is 1.75. The van der Waals surface area contributed by atoms with Gasteiger partial charge in [-0.25, -0.2) is 0 Å². The van der Waals surface area contributed by atoms with Gasteiger partial charge in [-0.15, -0.1) is 0 Å². The van der Waals surface area contributed by atoms with Crippen LogP contribution in [0.3, 0.4) is 0 Å². The molecule has 2 rings (SSSR count). The number of carboxylic acid groups (broad SMARTS) is 1. The average molecular weight is 226 g/mol. The van der Waals surface area contributed by atoms with E-state index in [9.17, 15) is 14.4 Å². The Bertz CT molecular complexity index is 349. The van der Waals surface area contributed by atoms with E-state index in [-0.39, 0.29) is 5.91 Å². The van der Waals surface area contributed by atoms with Crippen LogP contribution < -0.4 is 10.6 Å². The second-order valence-corrected chi connectivity index (χ2v) is 4.35. The van der Waals surface area contributed by atoms with Crippen molar-refractivity contribution in [3.05, 3.63) is 0 Å². The molecule has 0 spiro atoms. The van der Waals surface area contributed by atoms with Crippen LogP contribution in [0.5, 0.6) is 0 Å². The number of carbonyl (C=O) groups excluding carboxylic acids is 2. The summed E-state index contributed by atoms with van der Waals surface area (Å²) in [5.41, 5.74) is -1.27. The molecule has 2 fully saturated rings. The third-order valence-electron chi connectivity index (χ3n) is 3.18. The minimum Gasteiger partial charge on any atom is -0.480 e. The fourth-order valence-electron chi connectivity index (χ4n) is 1.87. The van der Waals surface area contributed by atoms with Crippen LogP contribution in [0, 0.1) is 5.41 Å². The minimum absolute atomic E-state index is 0.221. The highest BCUT2D eigenvalue weighted by Gasteiger charge is 2.57. The maximum atomic E-state index is 11.7. The summed E-state index contributed by atoms with van der Waals surface area (Å²) in [5.74, 6) is -1.84. The molecule has 2 amide bonds. The monoisotopic (exact) mass is 226 g/mol. The van der Waals surface area contributed by atoms with E-state index in [1.165, 1.54) is 0 Å². The Labute approximate surface area is 92.4 Å². The molecule has 2 aliphatic rings. The molecule has 0 aromatic heterocycles. The molecular weight excluding hydrogens is 212 g/mol. The molecule has 1 aliphatic heterocycles. The summed E-state index contributed by atoms with van der Waals surface area (Å²) in [5, 5.41) is 14.1. The molecule has 0 aromatic carbocycles. The molecule has 6 nitrogen and oxygen atoms in total. The quantitative estimate of drug-likeness (QED) is 0.551. The average Bonchev–Trinajstić information content (AvgIpc) is 3.02. The number of carboxylic acids is 1. The lowest BCUT2D eigenvalue weighted by Crippen LogP contribution is -2.52. The van der Waals surface area contributed by atoms with Crippen molar-refractivity contribution in [1.82, 2.24) is 10.6 Å². The van der Waals surface area contributed by atoms with Crippen LogP contribution >= 0.6 is 0 Å². The van der Waals surface area contributed by atoms with E-state index in [1.54, 1.807) is 0 Å². The lowest BCUT2D eigenvalue weighted by molar-refractivity contribution is -0.150. The zero-order valence-corrected chi connectivity index (χ0v) is 8.78. The van der Waals surface area contributed by atoms with Crippen molar-refractivity contribution in [3.8, 4) is 0 Å². The summed E-state index contributed by atoms with van der Waals surface area (Å²) < 4.78 is 0. The second kappa shape index (κ2) is 3.77. The largest absolute Gasteiger partial charge is 0.480 e. The van der Waals surface area contributed by atoms with Gasteiger partial charge in [-0.3, -0.25) is 14.4 Å². The van der Waals surface area contributed by atoms with Crippen LogP contribution in [0.15, 0.2) is 0 Å². The van der Waals surface area contributed by atoms with Gasteiger partial charge in [0.1, 0.15) is 11.5 Å². The Balaban J connectivity index is 1.97. The lowest BCUT2D eigenvalue weighted by Gasteiger charge is -2.24.